The van der Waals surface area contributed by atoms with Gasteiger partial charge in [0.05, 0.1) is 12.9 Å². The summed E-state index contributed by atoms with van der Waals surface area (Å²) in [6.07, 6.45) is 1.43. The van der Waals surface area contributed by atoms with Gasteiger partial charge in [-0.25, -0.2) is 4.79 Å². The van der Waals surface area contributed by atoms with Gasteiger partial charge < -0.3 is 19.4 Å². The van der Waals surface area contributed by atoms with Crippen LogP contribution in [0, 0.1) is 0 Å². The first-order valence-electron chi connectivity index (χ1n) is 8.89. The van der Waals surface area contributed by atoms with Crippen LogP contribution in [0.1, 0.15) is 32.7 Å². The lowest BCUT2D eigenvalue weighted by atomic mass is 10.0. The molecule has 146 valence electrons. The molecular weight excluding hydrogens is 376 g/mol. The Labute approximate surface area is 167 Å². The second kappa shape index (κ2) is 8.86. The van der Waals surface area contributed by atoms with Gasteiger partial charge >= 0.3 is 5.97 Å². The van der Waals surface area contributed by atoms with E-state index in [-0.39, 0.29) is 12.4 Å². The van der Waals surface area contributed by atoms with Crippen LogP contribution in [0.4, 0.5) is 5.00 Å². The number of benzene rings is 1. The molecule has 0 spiro atoms. The molecule has 2 aromatic heterocycles. The number of carbonyl (C=O) groups is 2. The van der Waals surface area contributed by atoms with E-state index in [1.54, 1.807) is 19.1 Å². The van der Waals surface area contributed by atoms with E-state index in [1.165, 1.54) is 17.6 Å². The summed E-state index contributed by atoms with van der Waals surface area (Å²) in [6, 6.07) is 12.9. The zero-order valence-electron chi connectivity index (χ0n) is 16.0. The smallest absolute Gasteiger partial charge is 0.341 e. The van der Waals surface area contributed by atoms with Gasteiger partial charge in [-0.05, 0) is 38.7 Å². The van der Waals surface area contributed by atoms with Crippen molar-refractivity contribution in [3.63, 3.8) is 0 Å². The molecule has 3 aromatic rings. The van der Waals surface area contributed by atoms with E-state index in [1.807, 2.05) is 49.3 Å². The van der Waals surface area contributed by atoms with Gasteiger partial charge in [0.15, 0.2) is 5.76 Å². The Hall–Kier alpha value is -2.90. The van der Waals surface area contributed by atoms with E-state index in [4.69, 9.17) is 9.15 Å². The van der Waals surface area contributed by atoms with Gasteiger partial charge in [-0.15, -0.1) is 11.3 Å². The molecular formula is C21H22N2O4S. The maximum Gasteiger partial charge on any atom is 0.341 e. The molecule has 0 unspecified atom stereocenters. The Balaban J connectivity index is 2.13. The van der Waals surface area contributed by atoms with Crippen LogP contribution in [0.25, 0.3) is 11.1 Å². The third kappa shape index (κ3) is 4.32. The molecule has 1 N–H and O–H groups in total. The number of nitrogens with zero attached hydrogens (tertiary/aromatic N) is 1. The topological polar surface area (TPSA) is 71.8 Å². The number of anilines is 1. The van der Waals surface area contributed by atoms with Crippen LogP contribution in [0.15, 0.2) is 53.1 Å². The minimum absolute atomic E-state index is 0.179. The number of carbonyl (C=O) groups excluding carboxylic acids is 2. The molecule has 1 amide bonds. The molecule has 1 aromatic carbocycles. The second-order valence-corrected chi connectivity index (χ2v) is 7.47. The molecule has 6 nitrogen and oxygen atoms in total. The number of amides is 1. The summed E-state index contributed by atoms with van der Waals surface area (Å²) in [5.41, 5.74) is 2.06. The predicted molar refractivity (Wildman–Crippen MR) is 110 cm³/mol. The molecule has 28 heavy (non-hydrogen) atoms. The second-order valence-electron chi connectivity index (χ2n) is 6.36. The van der Waals surface area contributed by atoms with Gasteiger partial charge in [0, 0.05) is 17.0 Å². The van der Waals surface area contributed by atoms with Gasteiger partial charge in [-0.2, -0.15) is 0 Å². The minimum Gasteiger partial charge on any atom is -0.462 e. The van der Waals surface area contributed by atoms with Crippen LogP contribution in [-0.2, 0) is 11.3 Å². The molecule has 0 aliphatic rings. The highest BCUT2D eigenvalue weighted by molar-refractivity contribution is 7.17. The van der Waals surface area contributed by atoms with Crippen molar-refractivity contribution >= 4 is 28.2 Å². The zero-order valence-corrected chi connectivity index (χ0v) is 16.8. The van der Waals surface area contributed by atoms with Crippen molar-refractivity contribution < 1.29 is 18.7 Å². The number of furan rings is 1. The Morgan fingerprint density at radius 3 is 2.50 bits per heavy atom. The lowest BCUT2D eigenvalue weighted by Gasteiger charge is -2.12. The molecule has 0 bridgehead atoms. The maximum absolute atomic E-state index is 12.8. The summed E-state index contributed by atoms with van der Waals surface area (Å²) in [4.78, 5) is 28.3. The first-order valence-corrected chi connectivity index (χ1v) is 9.70. The average Bonchev–Trinajstić information content (AvgIpc) is 3.30. The van der Waals surface area contributed by atoms with Crippen LogP contribution in [0.3, 0.4) is 0 Å². The largest absolute Gasteiger partial charge is 0.462 e. The monoisotopic (exact) mass is 398 g/mol. The highest BCUT2D eigenvalue weighted by Crippen LogP contribution is 2.41. The summed E-state index contributed by atoms with van der Waals surface area (Å²) in [5.74, 6) is -0.691. The predicted octanol–water partition coefficient (Wildman–Crippen LogP) is 4.50. The lowest BCUT2D eigenvalue weighted by molar-refractivity contribution is 0.0529. The molecule has 0 saturated heterocycles. The van der Waals surface area contributed by atoms with Gasteiger partial charge in [0.2, 0.25) is 0 Å². The number of hydrogen-bond donors (Lipinski definition) is 1. The van der Waals surface area contributed by atoms with Crippen LogP contribution in [-0.4, -0.2) is 37.5 Å². The Bertz CT molecular complexity index is 946. The van der Waals surface area contributed by atoms with Crippen molar-refractivity contribution in [3.05, 3.63) is 64.9 Å². The van der Waals surface area contributed by atoms with Crippen molar-refractivity contribution in [2.24, 2.45) is 0 Å². The standard InChI is InChI=1S/C21H22N2O4S/c1-4-26-21(25)18-17(14-9-6-5-7-10-14)16(13-23(2)3)28-20(18)22-19(24)15-11-8-12-27-15/h5-12H,4,13H2,1-3H3,(H,22,24). The van der Waals surface area contributed by atoms with Crippen LogP contribution in [0.2, 0.25) is 0 Å². The number of nitrogens with one attached hydrogen (secondary N) is 1. The number of esters is 1. The summed E-state index contributed by atoms with van der Waals surface area (Å²) in [6.45, 7) is 2.63. The summed E-state index contributed by atoms with van der Waals surface area (Å²) in [7, 11) is 3.92. The molecule has 0 aliphatic carbocycles. The molecule has 0 atom stereocenters. The normalized spacial score (nSPS) is 10.9. The van der Waals surface area contributed by atoms with Gasteiger partial charge in [0.1, 0.15) is 10.6 Å². The first kappa shape index (κ1) is 19.9. The fraction of sp³-hybridized carbons (Fsp3) is 0.238. The van der Waals surface area contributed by atoms with Crippen molar-refractivity contribution in [2.75, 3.05) is 26.0 Å². The summed E-state index contributed by atoms with van der Waals surface area (Å²) >= 11 is 1.37. The molecule has 0 saturated carbocycles. The Kier molecular flexibility index (Phi) is 6.28. The molecule has 0 aliphatic heterocycles. The number of hydrogen-bond acceptors (Lipinski definition) is 6. The lowest BCUT2D eigenvalue weighted by Crippen LogP contribution is -2.14. The van der Waals surface area contributed by atoms with Crippen molar-refractivity contribution in [2.45, 2.75) is 13.5 Å². The molecule has 0 fully saturated rings. The molecule has 0 radical (unpaired) electrons. The fourth-order valence-corrected chi connectivity index (χ4v) is 4.17. The zero-order chi connectivity index (χ0) is 20.1. The van der Waals surface area contributed by atoms with E-state index in [9.17, 15) is 9.59 Å². The van der Waals surface area contributed by atoms with Gasteiger partial charge in [-0.1, -0.05) is 30.3 Å². The minimum atomic E-state index is -0.461. The van der Waals surface area contributed by atoms with Gasteiger partial charge in [-0.3, -0.25) is 4.79 Å². The third-order valence-corrected chi connectivity index (χ3v) is 5.04. The summed E-state index contributed by atoms with van der Waals surface area (Å²) < 4.78 is 10.5. The average molecular weight is 398 g/mol. The number of ether oxygens (including phenoxy) is 1. The Morgan fingerprint density at radius 1 is 1.14 bits per heavy atom. The van der Waals surface area contributed by atoms with E-state index in [0.29, 0.717) is 17.1 Å². The van der Waals surface area contributed by atoms with Crippen molar-refractivity contribution in [1.82, 2.24) is 4.90 Å². The molecule has 3 rings (SSSR count). The SMILES string of the molecule is CCOC(=O)c1c(NC(=O)c2ccco2)sc(CN(C)C)c1-c1ccccc1. The quantitative estimate of drug-likeness (QED) is 0.594. The highest BCUT2D eigenvalue weighted by atomic mass is 32.1. The molecule has 2 heterocycles. The van der Waals surface area contributed by atoms with Crippen LogP contribution < -0.4 is 5.32 Å². The first-order chi connectivity index (χ1) is 13.5. The van der Waals surface area contributed by atoms with Gasteiger partial charge in [0.25, 0.3) is 5.91 Å². The fourth-order valence-electron chi connectivity index (χ4n) is 2.85. The highest BCUT2D eigenvalue weighted by Gasteiger charge is 2.27. The summed E-state index contributed by atoms with van der Waals surface area (Å²) in [5, 5.41) is 3.28. The van der Waals surface area contributed by atoms with E-state index < -0.39 is 11.9 Å². The van der Waals surface area contributed by atoms with E-state index in [0.717, 1.165) is 16.0 Å². The van der Waals surface area contributed by atoms with Crippen LogP contribution in [0.5, 0.6) is 0 Å². The van der Waals surface area contributed by atoms with E-state index in [2.05, 4.69) is 5.32 Å². The third-order valence-electron chi connectivity index (χ3n) is 3.96. The molecule has 7 heteroatoms. The number of rotatable bonds is 7. The van der Waals surface area contributed by atoms with Crippen molar-refractivity contribution in [3.8, 4) is 11.1 Å². The van der Waals surface area contributed by atoms with Crippen LogP contribution >= 0.6 is 11.3 Å². The van der Waals surface area contributed by atoms with Crippen molar-refractivity contribution in [1.29, 1.82) is 0 Å². The Morgan fingerprint density at radius 2 is 1.89 bits per heavy atom. The maximum atomic E-state index is 12.8. The van der Waals surface area contributed by atoms with E-state index >= 15 is 0 Å². The number of thiophene rings is 1.